The van der Waals surface area contributed by atoms with Crippen LogP contribution in [0.2, 0.25) is 0 Å². The van der Waals surface area contributed by atoms with Crippen molar-refractivity contribution in [3.05, 3.63) is 53.8 Å². The molecule has 0 bridgehead atoms. The van der Waals surface area contributed by atoms with Crippen molar-refractivity contribution in [2.45, 2.75) is 6.54 Å². The molecule has 2 aromatic carbocycles. The second-order valence-electron chi connectivity index (χ2n) is 6.68. The van der Waals surface area contributed by atoms with Gasteiger partial charge in [-0.25, -0.2) is 9.18 Å². The van der Waals surface area contributed by atoms with Gasteiger partial charge in [-0.3, -0.25) is 4.90 Å². The van der Waals surface area contributed by atoms with Crippen LogP contribution in [0, 0.1) is 5.82 Å². The number of hydrogen-bond acceptors (Lipinski definition) is 4. The van der Waals surface area contributed by atoms with Crippen molar-refractivity contribution in [2.75, 3.05) is 44.7 Å². The molecule has 0 atom stereocenters. The number of amides is 2. The van der Waals surface area contributed by atoms with E-state index >= 15 is 0 Å². The minimum absolute atomic E-state index is 0.117. The van der Waals surface area contributed by atoms with Crippen molar-refractivity contribution in [3.8, 4) is 11.5 Å². The number of anilines is 1. The van der Waals surface area contributed by atoms with Crippen molar-refractivity contribution in [3.63, 3.8) is 0 Å². The number of benzene rings is 2. The Balaban J connectivity index is 1.29. The van der Waals surface area contributed by atoms with Crippen LogP contribution in [-0.4, -0.2) is 55.2 Å². The molecule has 7 heteroatoms. The molecule has 2 amide bonds. The molecule has 1 saturated heterocycles. The SMILES string of the molecule is O=C(Nc1ccc2c(c1)OCCO2)N1CCN(Cc2ccc(F)cc2)CC1. The first-order valence-corrected chi connectivity index (χ1v) is 9.10. The Morgan fingerprint density at radius 1 is 0.963 bits per heavy atom. The highest BCUT2D eigenvalue weighted by Crippen LogP contribution is 2.32. The Morgan fingerprint density at radius 3 is 2.41 bits per heavy atom. The largest absolute Gasteiger partial charge is 0.486 e. The number of ether oxygens (including phenoxy) is 2. The van der Waals surface area contributed by atoms with E-state index in [-0.39, 0.29) is 11.8 Å². The summed E-state index contributed by atoms with van der Waals surface area (Å²) in [5.74, 6) is 1.14. The number of piperazine rings is 1. The summed E-state index contributed by atoms with van der Waals surface area (Å²) in [5, 5.41) is 2.92. The lowest BCUT2D eigenvalue weighted by Gasteiger charge is -2.34. The number of halogens is 1. The van der Waals surface area contributed by atoms with E-state index in [4.69, 9.17) is 9.47 Å². The fourth-order valence-electron chi connectivity index (χ4n) is 3.28. The van der Waals surface area contributed by atoms with Crippen LogP contribution in [0.3, 0.4) is 0 Å². The van der Waals surface area contributed by atoms with Gasteiger partial charge in [0.15, 0.2) is 11.5 Å². The fraction of sp³-hybridized carbons (Fsp3) is 0.350. The van der Waals surface area contributed by atoms with Crippen LogP contribution in [0.25, 0.3) is 0 Å². The summed E-state index contributed by atoms with van der Waals surface area (Å²) in [6, 6.07) is 11.9. The van der Waals surface area contributed by atoms with E-state index in [0.29, 0.717) is 43.5 Å². The first kappa shape index (κ1) is 17.6. The van der Waals surface area contributed by atoms with Gasteiger partial charge in [0.25, 0.3) is 0 Å². The lowest BCUT2D eigenvalue weighted by Crippen LogP contribution is -2.49. The molecular formula is C20H22FN3O3. The highest BCUT2D eigenvalue weighted by atomic mass is 19.1. The fourth-order valence-corrected chi connectivity index (χ4v) is 3.28. The zero-order chi connectivity index (χ0) is 18.6. The second kappa shape index (κ2) is 7.84. The van der Waals surface area contributed by atoms with Crippen molar-refractivity contribution in [2.24, 2.45) is 0 Å². The van der Waals surface area contributed by atoms with Crippen LogP contribution in [0.4, 0.5) is 14.9 Å². The van der Waals surface area contributed by atoms with Crippen LogP contribution in [-0.2, 0) is 6.54 Å². The Bertz CT molecular complexity index is 805. The molecule has 0 spiro atoms. The quantitative estimate of drug-likeness (QED) is 0.901. The highest BCUT2D eigenvalue weighted by Gasteiger charge is 2.22. The summed E-state index contributed by atoms with van der Waals surface area (Å²) in [5.41, 5.74) is 1.77. The van der Waals surface area contributed by atoms with Gasteiger partial charge in [0.2, 0.25) is 0 Å². The third-order valence-electron chi connectivity index (χ3n) is 4.77. The molecule has 2 aromatic rings. The van der Waals surface area contributed by atoms with Gasteiger partial charge in [0.05, 0.1) is 0 Å². The Kier molecular flexibility index (Phi) is 5.11. The van der Waals surface area contributed by atoms with E-state index in [1.165, 1.54) is 12.1 Å². The first-order chi connectivity index (χ1) is 13.2. The molecule has 0 unspecified atom stereocenters. The molecule has 0 aromatic heterocycles. The van der Waals surface area contributed by atoms with Crippen LogP contribution >= 0.6 is 0 Å². The summed E-state index contributed by atoms with van der Waals surface area (Å²) in [7, 11) is 0. The lowest BCUT2D eigenvalue weighted by molar-refractivity contribution is 0.143. The molecule has 0 radical (unpaired) electrons. The van der Waals surface area contributed by atoms with Gasteiger partial charge in [-0.2, -0.15) is 0 Å². The van der Waals surface area contributed by atoms with E-state index in [1.54, 1.807) is 23.1 Å². The summed E-state index contributed by atoms with van der Waals surface area (Å²) in [4.78, 5) is 16.6. The molecule has 1 fully saturated rings. The molecule has 1 N–H and O–H groups in total. The predicted molar refractivity (Wildman–Crippen MR) is 99.7 cm³/mol. The van der Waals surface area contributed by atoms with Gasteiger partial charge in [0.1, 0.15) is 19.0 Å². The average Bonchev–Trinajstić information content (AvgIpc) is 2.70. The zero-order valence-corrected chi connectivity index (χ0v) is 15.0. The van der Waals surface area contributed by atoms with Crippen LogP contribution in [0.15, 0.2) is 42.5 Å². The van der Waals surface area contributed by atoms with Crippen LogP contribution < -0.4 is 14.8 Å². The highest BCUT2D eigenvalue weighted by molar-refractivity contribution is 5.89. The monoisotopic (exact) mass is 371 g/mol. The van der Waals surface area contributed by atoms with E-state index < -0.39 is 0 Å². The number of fused-ring (bicyclic) bond motifs is 1. The maximum absolute atomic E-state index is 13.0. The van der Waals surface area contributed by atoms with E-state index in [0.717, 1.165) is 25.2 Å². The molecule has 0 saturated carbocycles. The molecule has 2 heterocycles. The minimum atomic E-state index is -0.223. The van der Waals surface area contributed by atoms with Crippen molar-refractivity contribution >= 4 is 11.7 Å². The lowest BCUT2D eigenvalue weighted by atomic mass is 10.2. The van der Waals surface area contributed by atoms with Gasteiger partial charge in [-0.1, -0.05) is 12.1 Å². The van der Waals surface area contributed by atoms with Crippen molar-refractivity contribution in [1.29, 1.82) is 0 Å². The number of hydrogen-bond donors (Lipinski definition) is 1. The van der Waals surface area contributed by atoms with Gasteiger partial charge in [-0.05, 0) is 29.8 Å². The summed E-state index contributed by atoms with van der Waals surface area (Å²) < 4.78 is 24.0. The molecule has 4 rings (SSSR count). The zero-order valence-electron chi connectivity index (χ0n) is 15.0. The normalized spacial score (nSPS) is 16.9. The predicted octanol–water partition coefficient (Wildman–Crippen LogP) is 2.95. The molecule has 2 aliphatic heterocycles. The standard InChI is InChI=1S/C20H22FN3O3/c21-16-3-1-15(2-4-16)14-23-7-9-24(10-8-23)20(25)22-17-5-6-18-19(13-17)27-12-11-26-18/h1-6,13H,7-12,14H2,(H,22,25). The number of rotatable bonds is 3. The first-order valence-electron chi connectivity index (χ1n) is 9.10. The number of carbonyl (C=O) groups excluding carboxylic acids is 1. The van der Waals surface area contributed by atoms with Gasteiger partial charge < -0.3 is 19.7 Å². The molecular weight excluding hydrogens is 349 g/mol. The number of urea groups is 1. The Morgan fingerprint density at radius 2 is 1.67 bits per heavy atom. The summed E-state index contributed by atoms with van der Waals surface area (Å²) in [6.45, 7) is 4.69. The Labute approximate surface area is 157 Å². The number of carbonyl (C=O) groups is 1. The maximum atomic E-state index is 13.0. The molecule has 27 heavy (non-hydrogen) atoms. The molecule has 0 aliphatic carbocycles. The third-order valence-corrected chi connectivity index (χ3v) is 4.77. The number of nitrogens with one attached hydrogen (secondary N) is 1. The van der Waals surface area contributed by atoms with Crippen molar-refractivity contribution in [1.82, 2.24) is 9.80 Å². The van der Waals surface area contributed by atoms with Gasteiger partial charge in [0, 0.05) is 44.5 Å². The smallest absolute Gasteiger partial charge is 0.321 e. The summed E-state index contributed by atoms with van der Waals surface area (Å²) in [6.07, 6.45) is 0. The summed E-state index contributed by atoms with van der Waals surface area (Å²) >= 11 is 0. The van der Waals surface area contributed by atoms with Gasteiger partial charge in [-0.15, -0.1) is 0 Å². The van der Waals surface area contributed by atoms with E-state index in [1.807, 2.05) is 12.1 Å². The second-order valence-corrected chi connectivity index (χ2v) is 6.68. The third kappa shape index (κ3) is 4.31. The topological polar surface area (TPSA) is 54.0 Å². The Hall–Kier alpha value is -2.80. The van der Waals surface area contributed by atoms with E-state index in [2.05, 4.69) is 10.2 Å². The average molecular weight is 371 g/mol. The molecule has 142 valence electrons. The number of nitrogens with zero attached hydrogens (tertiary/aromatic N) is 2. The van der Waals surface area contributed by atoms with Crippen LogP contribution in [0.1, 0.15) is 5.56 Å². The molecule has 2 aliphatic rings. The minimum Gasteiger partial charge on any atom is -0.486 e. The van der Waals surface area contributed by atoms with Crippen molar-refractivity contribution < 1.29 is 18.7 Å². The maximum Gasteiger partial charge on any atom is 0.321 e. The molecule has 6 nitrogen and oxygen atoms in total. The van der Waals surface area contributed by atoms with Crippen LogP contribution in [0.5, 0.6) is 11.5 Å². The van der Waals surface area contributed by atoms with E-state index in [9.17, 15) is 9.18 Å². The van der Waals surface area contributed by atoms with Gasteiger partial charge >= 0.3 is 6.03 Å².